The van der Waals surface area contributed by atoms with E-state index >= 15 is 0 Å². The first-order valence-electron chi connectivity index (χ1n) is 7.24. The van der Waals surface area contributed by atoms with Crippen LogP contribution in [0.15, 0.2) is 28.7 Å². The van der Waals surface area contributed by atoms with Gasteiger partial charge in [0, 0.05) is 22.2 Å². The van der Waals surface area contributed by atoms with Gasteiger partial charge in [-0.3, -0.25) is 0 Å². The van der Waals surface area contributed by atoms with Crippen molar-refractivity contribution in [3.63, 3.8) is 0 Å². The predicted molar refractivity (Wildman–Crippen MR) is 85.8 cm³/mol. The molecular weight excluding hydrogens is 314 g/mol. The molecule has 0 amide bonds. The van der Waals surface area contributed by atoms with Crippen molar-refractivity contribution in [1.82, 2.24) is 15.3 Å². The zero-order valence-corrected chi connectivity index (χ0v) is 13.3. The minimum atomic E-state index is 0.761. The van der Waals surface area contributed by atoms with Crippen LogP contribution in [0.5, 0.6) is 0 Å². The van der Waals surface area contributed by atoms with E-state index in [-0.39, 0.29) is 0 Å². The average molecular weight is 334 g/mol. The fourth-order valence-electron chi connectivity index (χ4n) is 2.90. The number of halogens is 1. The van der Waals surface area contributed by atoms with Crippen LogP contribution in [-0.4, -0.2) is 23.1 Å². The molecule has 2 aromatic rings. The second-order valence-corrected chi connectivity index (χ2v) is 6.48. The van der Waals surface area contributed by atoms with Gasteiger partial charge < -0.3 is 10.3 Å². The smallest absolute Gasteiger partial charge is 0.107 e. The number of rotatable bonds is 3. The largest absolute Gasteiger partial charge is 0.346 e. The van der Waals surface area contributed by atoms with Crippen LogP contribution in [0.1, 0.15) is 24.4 Å². The quantitative estimate of drug-likeness (QED) is 0.899. The van der Waals surface area contributed by atoms with Crippen LogP contribution in [0.4, 0.5) is 0 Å². The minimum absolute atomic E-state index is 0.761. The lowest BCUT2D eigenvalue weighted by Gasteiger charge is -2.21. The van der Waals surface area contributed by atoms with Crippen molar-refractivity contribution in [2.24, 2.45) is 5.92 Å². The number of piperidine rings is 1. The highest BCUT2D eigenvalue weighted by Gasteiger charge is 2.16. The van der Waals surface area contributed by atoms with E-state index in [0.29, 0.717) is 0 Å². The highest BCUT2D eigenvalue weighted by molar-refractivity contribution is 9.10. The summed E-state index contributed by atoms with van der Waals surface area (Å²) in [5.74, 6) is 1.89. The highest BCUT2D eigenvalue weighted by Crippen LogP contribution is 2.25. The summed E-state index contributed by atoms with van der Waals surface area (Å²) >= 11 is 3.53. The van der Waals surface area contributed by atoms with E-state index in [4.69, 9.17) is 4.98 Å². The first kappa shape index (κ1) is 13.8. The molecule has 1 aromatic carbocycles. The van der Waals surface area contributed by atoms with Gasteiger partial charge in [-0.2, -0.15) is 0 Å². The Morgan fingerprint density at radius 3 is 2.85 bits per heavy atom. The first-order valence-corrected chi connectivity index (χ1v) is 8.04. The second kappa shape index (κ2) is 6.10. The van der Waals surface area contributed by atoms with Gasteiger partial charge >= 0.3 is 0 Å². The Balaban J connectivity index is 1.80. The zero-order valence-electron chi connectivity index (χ0n) is 11.7. The summed E-state index contributed by atoms with van der Waals surface area (Å²) in [6.07, 6.45) is 3.58. The van der Waals surface area contributed by atoms with E-state index in [2.05, 4.69) is 51.4 Å². The number of benzene rings is 1. The molecular formula is C16H20BrN3. The fraction of sp³-hybridized carbons (Fsp3) is 0.438. The van der Waals surface area contributed by atoms with Crippen LogP contribution in [0, 0.1) is 12.8 Å². The number of nitrogens with zero attached hydrogens (tertiary/aromatic N) is 1. The number of aryl methyl sites for hydroxylation is 1. The summed E-state index contributed by atoms with van der Waals surface area (Å²) in [4.78, 5) is 8.28. The maximum atomic E-state index is 4.82. The molecule has 0 radical (unpaired) electrons. The van der Waals surface area contributed by atoms with Gasteiger partial charge in [0.15, 0.2) is 0 Å². The molecule has 1 aromatic heterocycles. The van der Waals surface area contributed by atoms with Crippen LogP contribution < -0.4 is 5.32 Å². The third-order valence-electron chi connectivity index (χ3n) is 3.97. The van der Waals surface area contributed by atoms with Crippen molar-refractivity contribution in [3.05, 3.63) is 40.3 Å². The standard InChI is InChI=1S/C16H20BrN3/c1-11-16(13-3-2-4-14(17)10-13)20-15(19-11)9-12-5-7-18-8-6-12/h2-4,10,12,18H,5-9H2,1H3,(H,19,20). The van der Waals surface area contributed by atoms with Crippen LogP contribution in [0.25, 0.3) is 11.3 Å². The van der Waals surface area contributed by atoms with Gasteiger partial charge in [-0.05, 0) is 50.9 Å². The number of hydrogen-bond donors (Lipinski definition) is 2. The van der Waals surface area contributed by atoms with Crippen LogP contribution in [0.3, 0.4) is 0 Å². The summed E-state index contributed by atoms with van der Waals surface area (Å²) in [7, 11) is 0. The molecule has 1 saturated heterocycles. The maximum absolute atomic E-state index is 4.82. The molecule has 4 heteroatoms. The molecule has 1 aliphatic rings. The molecule has 3 nitrogen and oxygen atoms in total. The Hall–Kier alpha value is -1.13. The molecule has 1 fully saturated rings. The van der Waals surface area contributed by atoms with E-state index in [1.54, 1.807) is 0 Å². The summed E-state index contributed by atoms with van der Waals surface area (Å²) in [6.45, 7) is 4.39. The Morgan fingerprint density at radius 1 is 1.30 bits per heavy atom. The molecule has 1 aliphatic heterocycles. The monoisotopic (exact) mass is 333 g/mol. The van der Waals surface area contributed by atoms with Gasteiger partial charge in [-0.25, -0.2) is 4.98 Å². The molecule has 2 heterocycles. The van der Waals surface area contributed by atoms with Gasteiger partial charge in [0.05, 0.1) is 5.69 Å². The second-order valence-electron chi connectivity index (χ2n) is 5.56. The molecule has 0 bridgehead atoms. The number of hydrogen-bond acceptors (Lipinski definition) is 2. The zero-order chi connectivity index (χ0) is 13.9. The van der Waals surface area contributed by atoms with E-state index in [1.807, 2.05) is 6.07 Å². The minimum Gasteiger partial charge on any atom is -0.346 e. The molecule has 106 valence electrons. The third-order valence-corrected chi connectivity index (χ3v) is 4.47. The first-order chi connectivity index (χ1) is 9.72. The Kier molecular flexibility index (Phi) is 4.22. The molecule has 0 spiro atoms. The van der Waals surface area contributed by atoms with Crippen molar-refractivity contribution in [2.75, 3.05) is 13.1 Å². The number of aromatic nitrogens is 2. The van der Waals surface area contributed by atoms with Crippen molar-refractivity contribution < 1.29 is 0 Å². The van der Waals surface area contributed by atoms with Gasteiger partial charge in [0.2, 0.25) is 0 Å². The molecule has 2 N–H and O–H groups in total. The number of H-pyrrole nitrogens is 1. The molecule has 0 aliphatic carbocycles. The van der Waals surface area contributed by atoms with Crippen LogP contribution in [-0.2, 0) is 6.42 Å². The van der Waals surface area contributed by atoms with Crippen molar-refractivity contribution >= 4 is 15.9 Å². The fourth-order valence-corrected chi connectivity index (χ4v) is 3.29. The lowest BCUT2D eigenvalue weighted by atomic mass is 9.94. The van der Waals surface area contributed by atoms with Gasteiger partial charge in [-0.1, -0.05) is 28.1 Å². The normalized spacial score (nSPS) is 16.5. The van der Waals surface area contributed by atoms with Gasteiger partial charge in [-0.15, -0.1) is 0 Å². The SMILES string of the molecule is Cc1[nH]c(CC2CCNCC2)nc1-c1cccc(Br)c1. The average Bonchev–Trinajstić information content (AvgIpc) is 2.81. The van der Waals surface area contributed by atoms with E-state index in [9.17, 15) is 0 Å². The molecule has 20 heavy (non-hydrogen) atoms. The van der Waals surface area contributed by atoms with Crippen LogP contribution in [0.2, 0.25) is 0 Å². The maximum Gasteiger partial charge on any atom is 0.107 e. The van der Waals surface area contributed by atoms with Gasteiger partial charge in [0.1, 0.15) is 5.82 Å². The summed E-state index contributed by atoms with van der Waals surface area (Å²) in [5, 5.41) is 3.41. The number of nitrogens with one attached hydrogen (secondary N) is 2. The summed E-state index contributed by atoms with van der Waals surface area (Å²) in [6, 6.07) is 8.33. The van der Waals surface area contributed by atoms with E-state index in [1.165, 1.54) is 18.4 Å². The number of aromatic amines is 1. The van der Waals surface area contributed by atoms with E-state index < -0.39 is 0 Å². The Bertz CT molecular complexity index is 585. The predicted octanol–water partition coefficient (Wildman–Crippen LogP) is 3.69. The topological polar surface area (TPSA) is 40.7 Å². The lowest BCUT2D eigenvalue weighted by molar-refractivity contribution is 0.368. The molecule has 0 atom stereocenters. The summed E-state index contributed by atoms with van der Waals surface area (Å²) < 4.78 is 1.09. The van der Waals surface area contributed by atoms with E-state index in [0.717, 1.165) is 47.1 Å². The highest BCUT2D eigenvalue weighted by atomic mass is 79.9. The lowest BCUT2D eigenvalue weighted by Crippen LogP contribution is -2.28. The summed E-state index contributed by atoms with van der Waals surface area (Å²) in [5.41, 5.74) is 3.41. The number of imidazole rings is 1. The molecule has 3 rings (SSSR count). The van der Waals surface area contributed by atoms with Crippen molar-refractivity contribution in [1.29, 1.82) is 0 Å². The van der Waals surface area contributed by atoms with Crippen molar-refractivity contribution in [3.8, 4) is 11.3 Å². The Labute approximate surface area is 128 Å². The third kappa shape index (κ3) is 3.13. The Morgan fingerprint density at radius 2 is 2.10 bits per heavy atom. The molecule has 0 saturated carbocycles. The van der Waals surface area contributed by atoms with Crippen LogP contribution >= 0.6 is 15.9 Å². The van der Waals surface area contributed by atoms with Gasteiger partial charge in [0.25, 0.3) is 0 Å². The molecule has 0 unspecified atom stereocenters. The van der Waals surface area contributed by atoms with Crippen molar-refractivity contribution in [2.45, 2.75) is 26.2 Å².